The smallest absolute Gasteiger partial charge is 0.381 e. The molecule has 0 spiro atoms. The van der Waals surface area contributed by atoms with E-state index >= 15 is 79.0 Å². The molecular weight excluding hydrogens is 1130 g/mol. The zero-order valence-corrected chi connectivity index (χ0v) is 40.4. The summed E-state index contributed by atoms with van der Waals surface area (Å²) in [6, 6.07) is 10.0. The summed E-state index contributed by atoms with van der Waals surface area (Å²) in [6.45, 7) is -1.74. The number of halogens is 24. The predicted octanol–water partition coefficient (Wildman–Crippen LogP) is 17.2. The van der Waals surface area contributed by atoms with Crippen molar-refractivity contribution in [3.05, 3.63) is 164 Å². The molecule has 0 N–H and O–H groups in total. The van der Waals surface area contributed by atoms with Crippen LogP contribution in [0.5, 0.6) is 23.0 Å². The molecule has 0 radical (unpaired) electrons. The van der Waals surface area contributed by atoms with Crippen LogP contribution in [0.4, 0.5) is 105 Å². The van der Waals surface area contributed by atoms with Gasteiger partial charge in [-0.05, 0) is 65.3 Å². The van der Waals surface area contributed by atoms with Gasteiger partial charge in [0.15, 0.2) is 82.2 Å². The predicted molar refractivity (Wildman–Crippen MR) is 228 cm³/mol. The Bertz CT molecular complexity index is 3250. The van der Waals surface area contributed by atoms with Gasteiger partial charge in [-0.2, -0.15) is 52.7 Å². The SMILES string of the molecule is CCC(C)(Oc1ccc(C)cc1)c1c(F)c(F)c(-c2c(F)c(F)c(OCC(F)(F)C(F)(F)C(F)(F)C(F)(F)COC(C)(C)c3c(F)c(F)c(-c4c(F)c(F)c(Oc5ccc(C)cc5)c(F)c4F)c(F)c3F)c(F)c2F)c(F)c1F. The molecule has 79 heavy (non-hydrogen) atoms. The fraction of sp³-hybridized carbons (Fsp3) is 0.294. The number of hydrogen-bond donors (Lipinski definition) is 0. The fourth-order valence-electron chi connectivity index (χ4n) is 7.61. The maximum atomic E-state index is 15.6. The first-order valence-corrected chi connectivity index (χ1v) is 22.0. The highest BCUT2D eigenvalue weighted by Crippen LogP contribution is 2.54. The molecule has 0 fully saturated rings. The molecule has 6 aromatic carbocycles. The molecule has 0 heterocycles. The third-order valence-corrected chi connectivity index (χ3v) is 12.2. The molecule has 0 amide bonds. The second-order valence-corrected chi connectivity index (χ2v) is 18.0. The zero-order chi connectivity index (χ0) is 59.8. The Kier molecular flexibility index (Phi) is 16.5. The molecule has 4 nitrogen and oxygen atoms in total. The highest BCUT2D eigenvalue weighted by Gasteiger charge is 2.81. The minimum Gasteiger partial charge on any atom is -0.483 e. The number of rotatable bonds is 18. The molecule has 6 rings (SSSR count). The lowest BCUT2D eigenvalue weighted by Crippen LogP contribution is -2.65. The van der Waals surface area contributed by atoms with E-state index in [-0.39, 0.29) is 19.6 Å². The van der Waals surface area contributed by atoms with Gasteiger partial charge < -0.3 is 18.9 Å². The number of benzene rings is 6. The minimum absolute atomic E-state index is 0.0711. The van der Waals surface area contributed by atoms with Crippen molar-refractivity contribution in [1.82, 2.24) is 0 Å². The van der Waals surface area contributed by atoms with Crippen LogP contribution < -0.4 is 14.2 Å². The van der Waals surface area contributed by atoms with E-state index in [9.17, 15) is 26.3 Å². The van der Waals surface area contributed by atoms with Gasteiger partial charge in [0.05, 0.1) is 39.0 Å². The van der Waals surface area contributed by atoms with Gasteiger partial charge in [0, 0.05) is 0 Å². The summed E-state index contributed by atoms with van der Waals surface area (Å²) in [5.41, 5.74) is -19.0. The monoisotopic (exact) mass is 1160 g/mol. The number of hydrogen-bond acceptors (Lipinski definition) is 4. The third kappa shape index (κ3) is 10.3. The Hall–Kier alpha value is -7.00. The van der Waals surface area contributed by atoms with Crippen LogP contribution in [0, 0.1) is 107 Å². The Balaban J connectivity index is 1.26. The van der Waals surface area contributed by atoms with Crippen molar-refractivity contribution in [3.8, 4) is 45.3 Å². The van der Waals surface area contributed by atoms with Crippen LogP contribution in [0.15, 0.2) is 48.5 Å². The van der Waals surface area contributed by atoms with Crippen LogP contribution in [0.3, 0.4) is 0 Å². The first kappa shape index (κ1) is 61.2. The number of alkyl halides is 8. The lowest BCUT2D eigenvalue weighted by atomic mass is 9.88. The van der Waals surface area contributed by atoms with Crippen LogP contribution in [0.1, 0.15) is 56.4 Å². The van der Waals surface area contributed by atoms with Crippen LogP contribution in [-0.2, 0) is 15.9 Å². The quantitative estimate of drug-likeness (QED) is 0.0635. The Labute approximate surface area is 429 Å². The van der Waals surface area contributed by atoms with Crippen molar-refractivity contribution in [2.24, 2.45) is 0 Å². The van der Waals surface area contributed by atoms with Gasteiger partial charge in [-0.3, -0.25) is 0 Å². The van der Waals surface area contributed by atoms with Crippen molar-refractivity contribution in [2.45, 2.75) is 82.9 Å². The molecule has 1 unspecified atom stereocenters. The van der Waals surface area contributed by atoms with Gasteiger partial charge in [-0.1, -0.05) is 42.3 Å². The van der Waals surface area contributed by atoms with Crippen molar-refractivity contribution in [2.75, 3.05) is 13.2 Å². The molecule has 0 aliphatic rings. The zero-order valence-electron chi connectivity index (χ0n) is 40.4. The first-order valence-electron chi connectivity index (χ1n) is 22.0. The van der Waals surface area contributed by atoms with E-state index in [2.05, 4.69) is 9.47 Å². The van der Waals surface area contributed by atoms with Crippen LogP contribution in [0.2, 0.25) is 0 Å². The summed E-state index contributed by atoms with van der Waals surface area (Å²) in [5.74, 6) is -80.3. The normalized spacial score (nSPS) is 13.5. The molecule has 0 saturated carbocycles. The summed E-state index contributed by atoms with van der Waals surface area (Å²) in [6.07, 6.45) is -0.510. The lowest BCUT2D eigenvalue weighted by Gasteiger charge is -2.38. The number of ether oxygens (including phenoxy) is 4. The average Bonchev–Trinajstić information content (AvgIpc) is 3.42. The van der Waals surface area contributed by atoms with Crippen molar-refractivity contribution in [3.63, 3.8) is 0 Å². The molecule has 6 aromatic rings. The van der Waals surface area contributed by atoms with E-state index in [1.807, 2.05) is 0 Å². The highest BCUT2D eigenvalue weighted by atomic mass is 19.4. The fourth-order valence-corrected chi connectivity index (χ4v) is 7.61. The van der Waals surface area contributed by atoms with Gasteiger partial charge in [0.25, 0.3) is 0 Å². The van der Waals surface area contributed by atoms with Gasteiger partial charge in [-0.25, -0.2) is 52.7 Å². The summed E-state index contributed by atoms with van der Waals surface area (Å²) in [4.78, 5) is 0. The van der Waals surface area contributed by atoms with E-state index in [0.29, 0.717) is 11.1 Å². The van der Waals surface area contributed by atoms with Crippen molar-refractivity contribution in [1.29, 1.82) is 0 Å². The van der Waals surface area contributed by atoms with Gasteiger partial charge in [-0.15, -0.1) is 0 Å². The first-order chi connectivity index (χ1) is 36.3. The molecule has 428 valence electrons. The van der Waals surface area contributed by atoms with Crippen LogP contribution in [0.25, 0.3) is 22.3 Å². The Morgan fingerprint density at radius 1 is 0.367 bits per heavy atom. The second kappa shape index (κ2) is 21.2. The molecule has 0 aliphatic heterocycles. The highest BCUT2D eigenvalue weighted by molar-refractivity contribution is 5.70. The molecule has 0 aliphatic carbocycles. The Morgan fingerprint density at radius 2 is 0.671 bits per heavy atom. The van der Waals surface area contributed by atoms with Crippen molar-refractivity contribution < 1.29 is 124 Å². The number of aryl methyl sites for hydroxylation is 2. The lowest BCUT2D eigenvalue weighted by molar-refractivity contribution is -0.377. The van der Waals surface area contributed by atoms with Crippen LogP contribution >= 0.6 is 0 Å². The van der Waals surface area contributed by atoms with E-state index < -0.39 is 198 Å². The maximum absolute atomic E-state index is 15.6. The topological polar surface area (TPSA) is 36.9 Å². The molecule has 0 saturated heterocycles. The van der Waals surface area contributed by atoms with E-state index in [4.69, 9.17) is 9.47 Å². The van der Waals surface area contributed by atoms with Crippen LogP contribution in [-0.4, -0.2) is 36.9 Å². The summed E-state index contributed by atoms with van der Waals surface area (Å²) < 4.78 is 384. The largest absolute Gasteiger partial charge is 0.483 e. The molecule has 0 aromatic heterocycles. The molecule has 28 heteroatoms. The van der Waals surface area contributed by atoms with Gasteiger partial charge in [0.2, 0.25) is 29.0 Å². The summed E-state index contributed by atoms with van der Waals surface area (Å²) in [5, 5.41) is 0. The van der Waals surface area contributed by atoms with Gasteiger partial charge in [0.1, 0.15) is 23.7 Å². The summed E-state index contributed by atoms with van der Waals surface area (Å²) >= 11 is 0. The van der Waals surface area contributed by atoms with E-state index in [0.717, 1.165) is 19.1 Å². The Morgan fingerprint density at radius 3 is 1.03 bits per heavy atom. The van der Waals surface area contributed by atoms with Gasteiger partial charge >= 0.3 is 23.7 Å². The second-order valence-electron chi connectivity index (χ2n) is 18.0. The molecular formula is C51H32F24O4. The van der Waals surface area contributed by atoms with E-state index in [1.54, 1.807) is 6.92 Å². The van der Waals surface area contributed by atoms with Crippen molar-refractivity contribution >= 4 is 0 Å². The minimum atomic E-state index is -7.62. The molecule has 0 bridgehead atoms. The average molecular weight is 1160 g/mol. The summed E-state index contributed by atoms with van der Waals surface area (Å²) in [7, 11) is 0. The standard InChI is InChI=1S/C51H32F24O4/c1-7-47(6,79-21-14-10-19(3)11-15-21)27-38(62)30(54)23(31(55)39(27)63)24-32(56)40(64)44(41(65)33(24)57)76-16-48(68,69)50(72,73)51(74,75)49(70,71)17-77-46(4,5)26-36(60)28(52)22(29(53)37(26)61)25-34(58)42(66)45(43(67)35(25)59)78-20-12-8-18(2)9-13-20/h8-15H,7,16-17H2,1-6H3. The third-order valence-electron chi connectivity index (χ3n) is 12.2. The van der Waals surface area contributed by atoms with E-state index in [1.165, 1.54) is 50.2 Å². The maximum Gasteiger partial charge on any atom is 0.381 e. The molecule has 1 atom stereocenters.